The Balaban J connectivity index is 0.000000861. The summed E-state index contributed by atoms with van der Waals surface area (Å²) in [4.78, 5) is 0. The van der Waals surface area contributed by atoms with Gasteiger partial charge in [0, 0.05) is 24.5 Å². The van der Waals surface area contributed by atoms with Gasteiger partial charge in [-0.2, -0.15) is 0 Å². The van der Waals surface area contributed by atoms with E-state index in [0.717, 1.165) is 41.7 Å². The van der Waals surface area contributed by atoms with Crippen LogP contribution in [0.5, 0.6) is 0 Å². The second-order valence-corrected chi connectivity index (χ2v) is 12.8. The van der Waals surface area contributed by atoms with Gasteiger partial charge >= 0.3 is 0 Å². The van der Waals surface area contributed by atoms with Crippen molar-refractivity contribution < 1.29 is 0 Å². The molecule has 36 heavy (non-hydrogen) atoms. The van der Waals surface area contributed by atoms with Crippen LogP contribution in [0.4, 0.5) is 0 Å². The molecule has 0 amide bonds. The molecule has 0 aromatic carbocycles. The molecule has 8 atom stereocenters. The highest BCUT2D eigenvalue weighted by Crippen LogP contribution is 2.66. The molecule has 1 aromatic heterocycles. The summed E-state index contributed by atoms with van der Waals surface area (Å²) >= 11 is 0. The third-order valence-electron chi connectivity index (χ3n) is 11.2. The number of hydrogen-bond acceptors (Lipinski definition) is 0. The number of terminal acetylenes is 1. The van der Waals surface area contributed by atoms with Crippen LogP contribution in [0.1, 0.15) is 125 Å². The van der Waals surface area contributed by atoms with Gasteiger partial charge in [-0.25, -0.2) is 0 Å². The van der Waals surface area contributed by atoms with Gasteiger partial charge in [-0.05, 0) is 104 Å². The van der Waals surface area contributed by atoms with E-state index in [9.17, 15) is 0 Å². The lowest BCUT2D eigenvalue weighted by Gasteiger charge is -2.63. The highest BCUT2D eigenvalue weighted by atomic mass is 14.9. The summed E-state index contributed by atoms with van der Waals surface area (Å²) in [5, 5.41) is 0. The fourth-order valence-electron chi connectivity index (χ4n) is 9.58. The van der Waals surface area contributed by atoms with E-state index in [1.54, 1.807) is 0 Å². The first kappa shape index (κ1) is 29.1. The molecule has 4 saturated carbocycles. The van der Waals surface area contributed by atoms with Crippen LogP contribution in [0.2, 0.25) is 0 Å². The quantitative estimate of drug-likeness (QED) is 0.293. The monoisotopic (exact) mass is 491 g/mol. The Hall–Kier alpha value is -1.42. The first-order valence-corrected chi connectivity index (χ1v) is 15.6. The molecular weight excluding hydrogens is 434 g/mol. The van der Waals surface area contributed by atoms with Gasteiger partial charge in [0.2, 0.25) is 0 Å². The van der Waals surface area contributed by atoms with Crippen molar-refractivity contribution in [2.75, 3.05) is 0 Å². The van der Waals surface area contributed by atoms with Gasteiger partial charge in [0.25, 0.3) is 0 Å². The molecule has 8 unspecified atom stereocenters. The van der Waals surface area contributed by atoms with E-state index in [-0.39, 0.29) is 0 Å². The lowest BCUT2D eigenvalue weighted by Crippen LogP contribution is -2.55. The van der Waals surface area contributed by atoms with E-state index in [1.165, 1.54) is 76.2 Å². The van der Waals surface area contributed by atoms with E-state index in [4.69, 9.17) is 6.42 Å². The van der Waals surface area contributed by atoms with Crippen molar-refractivity contribution >= 4 is 0 Å². The highest BCUT2D eigenvalue weighted by molar-refractivity contribution is 5.29. The van der Waals surface area contributed by atoms with Crippen LogP contribution in [0.25, 0.3) is 0 Å². The van der Waals surface area contributed by atoms with Crippen LogP contribution >= 0.6 is 0 Å². The van der Waals surface area contributed by atoms with Crippen molar-refractivity contribution in [2.45, 2.75) is 126 Å². The normalized spacial score (nSPS) is 39.3. The largest absolute Gasteiger partial charge is 0.349 e. The Bertz CT molecular complexity index is 885. The van der Waals surface area contributed by atoms with Crippen LogP contribution in [-0.2, 0) is 6.54 Å². The van der Waals surface area contributed by atoms with E-state index in [1.807, 2.05) is 27.7 Å². The zero-order valence-electron chi connectivity index (χ0n) is 24.9. The van der Waals surface area contributed by atoms with Crippen molar-refractivity contribution in [3.8, 4) is 12.3 Å². The molecule has 0 saturated heterocycles. The Morgan fingerprint density at radius 2 is 1.69 bits per heavy atom. The van der Waals surface area contributed by atoms with Crippen LogP contribution in [0, 0.1) is 58.7 Å². The summed E-state index contributed by atoms with van der Waals surface area (Å²) in [5.74, 6) is 8.19. The van der Waals surface area contributed by atoms with Gasteiger partial charge in [0.15, 0.2) is 0 Å². The summed E-state index contributed by atoms with van der Waals surface area (Å²) in [6.45, 7) is 21.5. The van der Waals surface area contributed by atoms with Crippen LogP contribution in [-0.4, -0.2) is 4.57 Å². The molecule has 0 aliphatic heterocycles. The molecule has 202 valence electrons. The maximum absolute atomic E-state index is 5.60. The number of hydrogen-bond donors (Lipinski definition) is 0. The molecule has 1 heterocycles. The first-order chi connectivity index (χ1) is 17.3. The van der Waals surface area contributed by atoms with Crippen molar-refractivity contribution in [3.63, 3.8) is 0 Å². The second kappa shape index (κ2) is 12.4. The molecule has 4 aliphatic carbocycles. The molecule has 5 rings (SSSR count). The highest BCUT2D eigenvalue weighted by Gasteiger charge is 2.58. The fraction of sp³-hybridized carbons (Fsp3) is 0.771. The minimum absolute atomic E-state index is 0.444. The van der Waals surface area contributed by atoms with E-state index < -0.39 is 0 Å². The van der Waals surface area contributed by atoms with Crippen LogP contribution in [0.15, 0.2) is 30.6 Å². The molecule has 0 bridgehead atoms. The van der Waals surface area contributed by atoms with E-state index in [2.05, 4.69) is 56.3 Å². The third kappa shape index (κ3) is 5.40. The smallest absolute Gasteiger partial charge is 0.0430 e. The van der Waals surface area contributed by atoms with Gasteiger partial charge in [0.1, 0.15) is 0 Å². The number of rotatable bonds is 3. The summed E-state index contributed by atoms with van der Waals surface area (Å²) in [6, 6.07) is 2.05. The Morgan fingerprint density at radius 3 is 2.39 bits per heavy atom. The number of allylic oxidation sites excluding steroid dienone is 1. The molecule has 4 aliphatic rings. The van der Waals surface area contributed by atoms with Crippen molar-refractivity contribution in [3.05, 3.63) is 36.2 Å². The summed E-state index contributed by atoms with van der Waals surface area (Å²) < 4.78 is 2.26. The minimum Gasteiger partial charge on any atom is -0.349 e. The van der Waals surface area contributed by atoms with Gasteiger partial charge in [-0.15, -0.1) is 6.42 Å². The predicted molar refractivity (Wildman–Crippen MR) is 158 cm³/mol. The summed E-state index contributed by atoms with van der Waals surface area (Å²) in [5.41, 5.74) is 3.47. The van der Waals surface area contributed by atoms with Crippen LogP contribution < -0.4 is 0 Å². The maximum atomic E-state index is 5.60. The molecule has 0 radical (unpaired) electrons. The fourth-order valence-corrected chi connectivity index (χ4v) is 9.58. The minimum atomic E-state index is 0.444. The maximum Gasteiger partial charge on any atom is 0.0430 e. The standard InChI is InChI=1S/C31H45N.2C2H6/c1-6-24-15-18-32(21-24)20-23(3)27-10-7-11-28-26-13-12-25-19-22(2)9-8-16-30(25,4)29(26)14-17-31(27,28)5;2*1-2/h1,15,18,21-22,25-29H,3,7-14,16-17,19-20H2,2,4-5H3;2*1-2H3. The topological polar surface area (TPSA) is 4.93 Å². The Kier molecular flexibility index (Phi) is 10.1. The van der Waals surface area contributed by atoms with E-state index in [0.29, 0.717) is 16.7 Å². The Labute approximate surface area is 224 Å². The number of aromatic nitrogens is 1. The number of fused-ring (bicyclic) bond motifs is 5. The van der Waals surface area contributed by atoms with Crippen molar-refractivity contribution in [1.29, 1.82) is 0 Å². The third-order valence-corrected chi connectivity index (χ3v) is 11.2. The van der Waals surface area contributed by atoms with Gasteiger partial charge in [-0.3, -0.25) is 0 Å². The second-order valence-electron chi connectivity index (χ2n) is 12.8. The zero-order valence-corrected chi connectivity index (χ0v) is 24.9. The average Bonchev–Trinajstić information content (AvgIpc) is 3.28. The molecule has 1 aromatic rings. The molecule has 0 N–H and O–H groups in total. The summed E-state index contributed by atoms with van der Waals surface area (Å²) in [7, 11) is 0. The Morgan fingerprint density at radius 1 is 0.972 bits per heavy atom. The lowest BCUT2D eigenvalue weighted by molar-refractivity contribution is -0.128. The molecule has 4 fully saturated rings. The molecular formula is C35H57N. The molecule has 0 spiro atoms. The van der Waals surface area contributed by atoms with Crippen molar-refractivity contribution in [1.82, 2.24) is 4.57 Å². The van der Waals surface area contributed by atoms with E-state index >= 15 is 0 Å². The summed E-state index contributed by atoms with van der Waals surface area (Å²) in [6.07, 6.45) is 25.8. The molecule has 1 nitrogen and oxygen atoms in total. The lowest BCUT2D eigenvalue weighted by atomic mass is 9.42. The van der Waals surface area contributed by atoms with Crippen LogP contribution in [0.3, 0.4) is 0 Å². The first-order valence-electron chi connectivity index (χ1n) is 15.6. The number of nitrogens with zero attached hydrogens (tertiary/aromatic N) is 1. The predicted octanol–water partition coefficient (Wildman–Crippen LogP) is 10.2. The van der Waals surface area contributed by atoms with Crippen molar-refractivity contribution in [2.24, 2.45) is 46.3 Å². The SMILES string of the molecule is C#Cc1ccn(CC(=C)C2CCCC3C4CCC5CC(C)CCCC5(C)C4CCC23C)c1.CC.CC. The average molecular weight is 492 g/mol. The van der Waals surface area contributed by atoms with Gasteiger partial charge < -0.3 is 4.57 Å². The molecule has 1 heteroatoms. The zero-order chi connectivity index (χ0) is 26.5. The van der Waals surface area contributed by atoms with Gasteiger partial charge in [0.05, 0.1) is 0 Å². The van der Waals surface area contributed by atoms with Gasteiger partial charge in [-0.1, -0.05) is 85.8 Å².